The Hall–Kier alpha value is -3.15. The van der Waals surface area contributed by atoms with Crippen LogP contribution in [0.1, 0.15) is 39.0 Å². The van der Waals surface area contributed by atoms with E-state index in [1.165, 1.54) is 12.1 Å². The first-order chi connectivity index (χ1) is 12.5. The Morgan fingerprint density at radius 2 is 1.85 bits per heavy atom. The van der Waals surface area contributed by atoms with Gasteiger partial charge < -0.3 is 10.1 Å². The predicted octanol–water partition coefficient (Wildman–Crippen LogP) is 5.87. The van der Waals surface area contributed by atoms with Crippen molar-refractivity contribution in [2.24, 2.45) is 0 Å². The van der Waals surface area contributed by atoms with Gasteiger partial charge in [0, 0.05) is 23.3 Å². The number of nitro groups is 1. The lowest BCUT2D eigenvalue weighted by atomic mass is 10.2. The van der Waals surface area contributed by atoms with Crippen LogP contribution in [0.5, 0.6) is 5.75 Å². The van der Waals surface area contributed by atoms with Crippen LogP contribution < -0.4 is 0 Å². The molecule has 0 unspecified atom stereocenters. The molecule has 3 aromatic rings. The molecule has 0 saturated heterocycles. The van der Waals surface area contributed by atoms with Crippen LogP contribution >= 0.6 is 0 Å². The van der Waals surface area contributed by atoms with Gasteiger partial charge in [0.1, 0.15) is 11.4 Å². The molecule has 0 aliphatic heterocycles. The molecular weight excluding hydrogens is 330 g/mol. The molecule has 3 rings (SSSR count). The number of phenols is 1. The van der Waals surface area contributed by atoms with E-state index in [1.807, 2.05) is 45.9 Å². The molecule has 2 aromatic heterocycles. The lowest BCUT2D eigenvalue weighted by molar-refractivity contribution is -0.384. The Morgan fingerprint density at radius 3 is 2.35 bits per heavy atom. The van der Waals surface area contributed by atoms with Crippen molar-refractivity contribution in [2.45, 2.75) is 34.6 Å². The third-order valence-electron chi connectivity index (χ3n) is 3.04. The zero-order chi connectivity index (χ0) is 20.1. The number of phenolic OH excluding ortho intramolecular Hbond substituents is 1. The fourth-order valence-corrected chi connectivity index (χ4v) is 1.80. The number of pyridine rings is 1. The summed E-state index contributed by atoms with van der Waals surface area (Å²) in [6.07, 6.45) is 3.55. The van der Waals surface area contributed by atoms with E-state index in [0.717, 1.165) is 22.8 Å². The number of hydrogen-bond acceptors (Lipinski definition) is 4. The molecule has 0 aliphatic carbocycles. The molecule has 0 atom stereocenters. The van der Waals surface area contributed by atoms with Crippen LogP contribution in [0, 0.1) is 17.0 Å². The summed E-state index contributed by atoms with van der Waals surface area (Å²) in [7, 11) is 0. The van der Waals surface area contributed by atoms with Crippen LogP contribution in [-0.4, -0.2) is 20.0 Å². The minimum Gasteiger partial charge on any atom is -0.507 e. The smallest absolute Gasteiger partial charge is 0.273 e. The van der Waals surface area contributed by atoms with Crippen LogP contribution in [-0.2, 0) is 0 Å². The predicted molar refractivity (Wildman–Crippen MR) is 108 cm³/mol. The maximum Gasteiger partial charge on any atom is 0.273 e. The quantitative estimate of drug-likeness (QED) is 0.443. The second-order valence-corrected chi connectivity index (χ2v) is 4.60. The normalized spacial score (nSPS) is 8.81. The molecular formula is C20H27N3O3. The number of nitro benzene ring substituents is 1. The largest absolute Gasteiger partial charge is 0.507 e. The molecule has 2 N–H and O–H groups in total. The van der Waals surface area contributed by atoms with Gasteiger partial charge in [-0.2, -0.15) is 0 Å². The Kier molecular flexibility index (Phi) is 10.8. The van der Waals surface area contributed by atoms with E-state index in [1.54, 1.807) is 19.2 Å². The summed E-state index contributed by atoms with van der Waals surface area (Å²) in [5.41, 5.74) is 2.48. The van der Waals surface area contributed by atoms with Gasteiger partial charge in [0.15, 0.2) is 0 Å². The van der Waals surface area contributed by atoms with E-state index in [0.29, 0.717) is 5.56 Å². The summed E-state index contributed by atoms with van der Waals surface area (Å²) in [4.78, 5) is 16.9. The number of fused-ring (bicyclic) bond motifs is 1. The van der Waals surface area contributed by atoms with E-state index < -0.39 is 4.92 Å². The van der Waals surface area contributed by atoms with Gasteiger partial charge >= 0.3 is 0 Å². The first kappa shape index (κ1) is 22.9. The summed E-state index contributed by atoms with van der Waals surface area (Å²) in [5.74, 6) is -0.0424. The van der Waals surface area contributed by atoms with E-state index in [-0.39, 0.29) is 11.4 Å². The number of hydrogen-bond donors (Lipinski definition) is 2. The topological polar surface area (TPSA) is 92.0 Å². The van der Waals surface area contributed by atoms with Crippen LogP contribution in [0.25, 0.3) is 17.1 Å². The van der Waals surface area contributed by atoms with Gasteiger partial charge in [-0.3, -0.25) is 10.1 Å². The molecule has 0 bridgehead atoms. The summed E-state index contributed by atoms with van der Waals surface area (Å²) in [6.45, 7) is 13.3. The van der Waals surface area contributed by atoms with Gasteiger partial charge in [-0.05, 0) is 42.8 Å². The van der Waals surface area contributed by atoms with Crippen LogP contribution in [0.2, 0.25) is 0 Å². The number of H-pyrrole nitrogens is 1. The second-order valence-electron chi connectivity index (χ2n) is 4.60. The van der Waals surface area contributed by atoms with E-state index in [2.05, 4.69) is 16.5 Å². The number of nitrogens with one attached hydrogen (secondary N) is 1. The van der Waals surface area contributed by atoms with Crippen molar-refractivity contribution in [1.82, 2.24) is 9.97 Å². The monoisotopic (exact) mass is 357 g/mol. The summed E-state index contributed by atoms with van der Waals surface area (Å²) >= 11 is 0. The molecule has 140 valence electrons. The van der Waals surface area contributed by atoms with Crippen LogP contribution in [0.3, 0.4) is 0 Å². The minimum atomic E-state index is -0.542. The molecule has 0 radical (unpaired) electrons. The highest BCUT2D eigenvalue weighted by Crippen LogP contribution is 2.21. The number of benzene rings is 1. The number of non-ortho nitro benzene ring substituents is 1. The second kappa shape index (κ2) is 12.2. The van der Waals surface area contributed by atoms with Gasteiger partial charge in [-0.25, -0.2) is 4.98 Å². The molecule has 0 aliphatic rings. The Labute approximate surface area is 154 Å². The number of aromatic amines is 1. The van der Waals surface area contributed by atoms with Gasteiger partial charge in [-0.1, -0.05) is 34.3 Å². The molecule has 6 nitrogen and oxygen atoms in total. The Bertz CT molecular complexity index is 793. The number of rotatable bonds is 2. The highest BCUT2D eigenvalue weighted by Gasteiger charge is 2.06. The van der Waals surface area contributed by atoms with Crippen molar-refractivity contribution >= 4 is 22.8 Å². The van der Waals surface area contributed by atoms with Crippen molar-refractivity contribution in [1.29, 1.82) is 0 Å². The van der Waals surface area contributed by atoms with Crippen molar-refractivity contribution in [3.05, 3.63) is 70.5 Å². The number of nitrogens with zero attached hydrogens (tertiary/aromatic N) is 2. The molecule has 1 aromatic carbocycles. The number of aromatic hydroxyl groups is 1. The number of aromatic nitrogens is 2. The Balaban J connectivity index is 0.000000404. The standard InChI is InChI=1S/C9H8N2.C7H7NO3.2C2H6/c1-2-8-6-7-4-3-5-10-9(7)11-8;1-5-2-3-6(8(10)11)4-7(5)9;2*1-2/h2-6H,1H2,(H,10,11);2-4,9H,1H3;2*1-2H3. The molecule has 6 heteroatoms. The maximum atomic E-state index is 10.2. The molecule has 2 heterocycles. The van der Waals surface area contributed by atoms with E-state index in [9.17, 15) is 10.1 Å². The molecule has 0 amide bonds. The SMILES string of the molecule is C=Cc1cc2cccnc2[nH]1.CC.CC.Cc1ccc([N+](=O)[O-])cc1O. The van der Waals surface area contributed by atoms with Crippen LogP contribution in [0.4, 0.5) is 5.69 Å². The first-order valence-electron chi connectivity index (χ1n) is 8.51. The highest BCUT2D eigenvalue weighted by molar-refractivity contribution is 5.78. The molecule has 0 fully saturated rings. The van der Waals surface area contributed by atoms with Crippen molar-refractivity contribution in [3.8, 4) is 5.75 Å². The van der Waals surface area contributed by atoms with E-state index >= 15 is 0 Å². The third-order valence-corrected chi connectivity index (χ3v) is 3.04. The van der Waals surface area contributed by atoms with Crippen molar-refractivity contribution in [2.75, 3.05) is 0 Å². The summed E-state index contributed by atoms with van der Waals surface area (Å²) in [6, 6.07) is 9.96. The van der Waals surface area contributed by atoms with Gasteiger partial charge in [0.05, 0.1) is 11.0 Å². The minimum absolute atomic E-state index is 0.0424. The summed E-state index contributed by atoms with van der Waals surface area (Å²) in [5, 5.41) is 20.3. The highest BCUT2D eigenvalue weighted by atomic mass is 16.6. The zero-order valence-electron chi connectivity index (χ0n) is 16.0. The lowest BCUT2D eigenvalue weighted by Crippen LogP contribution is -1.87. The molecule has 26 heavy (non-hydrogen) atoms. The third kappa shape index (κ3) is 6.76. The van der Waals surface area contributed by atoms with E-state index in [4.69, 9.17) is 5.11 Å². The van der Waals surface area contributed by atoms with Crippen LogP contribution in [0.15, 0.2) is 49.2 Å². The fourth-order valence-electron chi connectivity index (χ4n) is 1.80. The summed E-state index contributed by atoms with van der Waals surface area (Å²) < 4.78 is 0. The molecule has 0 saturated carbocycles. The van der Waals surface area contributed by atoms with Crippen molar-refractivity contribution in [3.63, 3.8) is 0 Å². The molecule has 0 spiro atoms. The number of aryl methyl sites for hydroxylation is 1. The average molecular weight is 357 g/mol. The fraction of sp³-hybridized carbons (Fsp3) is 0.250. The van der Waals surface area contributed by atoms with Crippen molar-refractivity contribution < 1.29 is 10.0 Å². The maximum absolute atomic E-state index is 10.2. The van der Waals surface area contributed by atoms with Gasteiger partial charge in [0.2, 0.25) is 0 Å². The zero-order valence-corrected chi connectivity index (χ0v) is 16.0. The van der Waals surface area contributed by atoms with Gasteiger partial charge in [0.25, 0.3) is 5.69 Å². The first-order valence-corrected chi connectivity index (χ1v) is 8.51. The Morgan fingerprint density at radius 1 is 1.19 bits per heavy atom. The lowest BCUT2D eigenvalue weighted by Gasteiger charge is -1.95. The average Bonchev–Trinajstić information content (AvgIpc) is 3.11. The van der Waals surface area contributed by atoms with Gasteiger partial charge in [-0.15, -0.1) is 0 Å².